The highest BCUT2D eigenvalue weighted by Crippen LogP contribution is 2.44. The standard InChI is InChI=1S/C14H16F5N3O2S/c15-13(16)3-1-8(6-14(17,18)19)10(7-13)12(23)22-9-2-4-21-11(5-9)25(20)24/h2,4-5,8,10H,1,3,6-7,20H2,(H,21,22,23)/t8-,10+,25?/m0/s1. The van der Waals surface area contributed by atoms with E-state index in [0.717, 1.165) is 0 Å². The van der Waals surface area contributed by atoms with Crippen molar-refractivity contribution in [3.63, 3.8) is 0 Å². The van der Waals surface area contributed by atoms with Crippen molar-refractivity contribution in [1.29, 1.82) is 0 Å². The summed E-state index contributed by atoms with van der Waals surface area (Å²) in [5.74, 6) is -6.82. The molecule has 1 aromatic rings. The minimum absolute atomic E-state index is 0.0568. The largest absolute Gasteiger partial charge is 0.389 e. The minimum atomic E-state index is -4.55. The van der Waals surface area contributed by atoms with Crippen molar-refractivity contribution >= 4 is 22.6 Å². The number of nitrogens with zero attached hydrogens (tertiary/aromatic N) is 1. The van der Waals surface area contributed by atoms with Gasteiger partial charge in [0.25, 0.3) is 0 Å². The molecule has 1 fully saturated rings. The Balaban J connectivity index is 2.17. The van der Waals surface area contributed by atoms with Crippen LogP contribution < -0.4 is 10.5 Å². The molecule has 0 bridgehead atoms. The van der Waals surface area contributed by atoms with Crippen molar-refractivity contribution in [1.82, 2.24) is 4.98 Å². The third-order valence-electron chi connectivity index (χ3n) is 4.01. The number of rotatable bonds is 4. The smallest absolute Gasteiger partial charge is 0.326 e. The molecule has 25 heavy (non-hydrogen) atoms. The Morgan fingerprint density at radius 2 is 2.12 bits per heavy atom. The molecule has 1 unspecified atom stereocenters. The summed E-state index contributed by atoms with van der Waals surface area (Å²) in [7, 11) is -1.92. The first-order chi connectivity index (χ1) is 11.5. The summed E-state index contributed by atoms with van der Waals surface area (Å²) in [6.07, 6.45) is -6.66. The Morgan fingerprint density at radius 3 is 2.72 bits per heavy atom. The second-order valence-electron chi connectivity index (χ2n) is 5.95. The zero-order valence-corrected chi connectivity index (χ0v) is 13.7. The van der Waals surface area contributed by atoms with Gasteiger partial charge in [-0.15, -0.1) is 0 Å². The molecule has 1 heterocycles. The van der Waals surface area contributed by atoms with Crippen LogP contribution in [0, 0.1) is 11.8 Å². The molecule has 3 N–H and O–H groups in total. The maximum absolute atomic E-state index is 13.6. The molecule has 1 aromatic heterocycles. The van der Waals surface area contributed by atoms with E-state index in [9.17, 15) is 31.0 Å². The predicted molar refractivity (Wildman–Crippen MR) is 79.9 cm³/mol. The molecule has 0 radical (unpaired) electrons. The number of nitrogens with two attached hydrogens (primary N) is 1. The Morgan fingerprint density at radius 1 is 1.44 bits per heavy atom. The van der Waals surface area contributed by atoms with Crippen LogP contribution in [0.5, 0.6) is 0 Å². The number of carbonyl (C=O) groups is 1. The van der Waals surface area contributed by atoms with Crippen molar-refractivity contribution < 1.29 is 31.0 Å². The van der Waals surface area contributed by atoms with E-state index in [4.69, 9.17) is 5.14 Å². The highest BCUT2D eigenvalue weighted by molar-refractivity contribution is 7.82. The maximum Gasteiger partial charge on any atom is 0.389 e. The van der Waals surface area contributed by atoms with E-state index in [1.165, 1.54) is 18.3 Å². The third kappa shape index (κ3) is 5.70. The molecule has 0 aliphatic heterocycles. The van der Waals surface area contributed by atoms with Crippen LogP contribution in [0.15, 0.2) is 23.4 Å². The number of alkyl halides is 5. The molecule has 1 saturated carbocycles. The van der Waals surface area contributed by atoms with Crippen LogP contribution in [0.3, 0.4) is 0 Å². The zero-order valence-electron chi connectivity index (χ0n) is 12.9. The first-order valence-electron chi connectivity index (χ1n) is 7.34. The summed E-state index contributed by atoms with van der Waals surface area (Å²) < 4.78 is 76.4. The summed E-state index contributed by atoms with van der Waals surface area (Å²) in [5, 5.41) is 7.39. The van der Waals surface area contributed by atoms with Crippen molar-refractivity contribution in [2.24, 2.45) is 17.0 Å². The highest BCUT2D eigenvalue weighted by Gasteiger charge is 2.47. The molecule has 2 rings (SSSR count). The fraction of sp³-hybridized carbons (Fsp3) is 0.571. The number of hydrogen-bond donors (Lipinski definition) is 2. The fourth-order valence-corrected chi connectivity index (χ4v) is 3.28. The first kappa shape index (κ1) is 19.7. The Hall–Kier alpha value is -1.62. The highest BCUT2D eigenvalue weighted by atomic mass is 32.2. The van der Waals surface area contributed by atoms with Gasteiger partial charge in [-0.05, 0) is 24.5 Å². The molecular formula is C14H16F5N3O2S. The fourth-order valence-electron chi connectivity index (χ4n) is 2.87. The van der Waals surface area contributed by atoms with Crippen LogP contribution in [0.4, 0.5) is 27.6 Å². The Labute approximate surface area is 142 Å². The molecule has 140 valence electrons. The zero-order chi connectivity index (χ0) is 18.8. The quantitative estimate of drug-likeness (QED) is 0.782. The van der Waals surface area contributed by atoms with Gasteiger partial charge >= 0.3 is 6.18 Å². The number of hydrogen-bond acceptors (Lipinski definition) is 3. The molecule has 3 atom stereocenters. The lowest BCUT2D eigenvalue weighted by Crippen LogP contribution is -2.41. The van der Waals surface area contributed by atoms with Crippen LogP contribution in [0.2, 0.25) is 0 Å². The molecule has 0 spiro atoms. The predicted octanol–water partition coefficient (Wildman–Crippen LogP) is 3.01. The topological polar surface area (TPSA) is 85.1 Å². The monoisotopic (exact) mass is 385 g/mol. The number of amides is 1. The van der Waals surface area contributed by atoms with Crippen molar-refractivity contribution in [2.45, 2.75) is 42.8 Å². The van der Waals surface area contributed by atoms with Gasteiger partial charge in [0.05, 0.1) is 0 Å². The van der Waals surface area contributed by atoms with Gasteiger partial charge in [0.2, 0.25) is 11.8 Å². The van der Waals surface area contributed by atoms with E-state index < -0.39 is 60.1 Å². The van der Waals surface area contributed by atoms with Crippen molar-refractivity contribution in [2.75, 3.05) is 5.32 Å². The summed E-state index contributed by atoms with van der Waals surface area (Å²) in [6, 6.07) is 2.47. The number of pyridine rings is 1. The van der Waals surface area contributed by atoms with E-state index in [0.29, 0.717) is 0 Å². The maximum atomic E-state index is 13.6. The normalized spacial score (nSPS) is 24.6. The molecule has 5 nitrogen and oxygen atoms in total. The molecule has 1 amide bonds. The second kappa shape index (κ2) is 7.32. The molecule has 11 heteroatoms. The number of carbonyl (C=O) groups excluding carboxylic acids is 1. The lowest BCUT2D eigenvalue weighted by atomic mass is 9.75. The number of halogens is 5. The van der Waals surface area contributed by atoms with Gasteiger partial charge in [-0.25, -0.2) is 23.1 Å². The van der Waals surface area contributed by atoms with Crippen LogP contribution in [0.1, 0.15) is 25.7 Å². The molecule has 0 saturated heterocycles. The minimum Gasteiger partial charge on any atom is -0.326 e. The van der Waals surface area contributed by atoms with Crippen LogP contribution >= 0.6 is 0 Å². The van der Waals surface area contributed by atoms with Gasteiger partial charge in [0.15, 0.2) is 0 Å². The second-order valence-corrected chi connectivity index (χ2v) is 6.97. The molecule has 1 aliphatic rings. The third-order valence-corrected chi connectivity index (χ3v) is 4.64. The molecule has 0 aromatic carbocycles. The van der Waals surface area contributed by atoms with Crippen LogP contribution in [-0.4, -0.2) is 27.2 Å². The lowest BCUT2D eigenvalue weighted by molar-refractivity contribution is -0.164. The van der Waals surface area contributed by atoms with Gasteiger partial charge in [-0.3, -0.25) is 4.79 Å². The van der Waals surface area contributed by atoms with Gasteiger partial charge in [0, 0.05) is 37.1 Å². The molecule has 1 aliphatic carbocycles. The number of anilines is 1. The SMILES string of the molecule is NS(=O)c1cc(NC(=O)[C@@H]2CC(F)(F)CC[C@H]2CC(F)(F)F)ccn1. The van der Waals surface area contributed by atoms with Gasteiger partial charge in [-0.2, -0.15) is 13.2 Å². The van der Waals surface area contributed by atoms with Gasteiger partial charge in [0.1, 0.15) is 16.0 Å². The summed E-state index contributed by atoms with van der Waals surface area (Å²) >= 11 is 0. The van der Waals surface area contributed by atoms with Crippen LogP contribution in [0.25, 0.3) is 0 Å². The van der Waals surface area contributed by atoms with E-state index in [1.54, 1.807) is 0 Å². The van der Waals surface area contributed by atoms with E-state index in [1.807, 2.05) is 0 Å². The summed E-state index contributed by atoms with van der Waals surface area (Å²) in [5.41, 5.74) is 0.0773. The Kier molecular flexibility index (Phi) is 5.77. The van der Waals surface area contributed by atoms with E-state index in [-0.39, 0.29) is 17.1 Å². The van der Waals surface area contributed by atoms with Crippen LogP contribution in [-0.2, 0) is 15.8 Å². The number of aromatic nitrogens is 1. The summed E-state index contributed by atoms with van der Waals surface area (Å²) in [6.45, 7) is 0. The van der Waals surface area contributed by atoms with Crippen molar-refractivity contribution in [3.8, 4) is 0 Å². The van der Waals surface area contributed by atoms with Gasteiger partial charge < -0.3 is 5.32 Å². The Bertz CT molecular complexity index is 668. The lowest BCUT2D eigenvalue weighted by Gasteiger charge is -2.35. The van der Waals surface area contributed by atoms with E-state index in [2.05, 4.69) is 10.3 Å². The summed E-state index contributed by atoms with van der Waals surface area (Å²) in [4.78, 5) is 16.0. The number of nitrogens with one attached hydrogen (secondary N) is 1. The first-order valence-corrected chi connectivity index (χ1v) is 8.56. The average molecular weight is 385 g/mol. The average Bonchev–Trinajstić information content (AvgIpc) is 2.48. The van der Waals surface area contributed by atoms with Crippen molar-refractivity contribution in [3.05, 3.63) is 18.3 Å². The van der Waals surface area contributed by atoms with Gasteiger partial charge in [-0.1, -0.05) is 0 Å². The molecular weight excluding hydrogens is 369 g/mol. The van der Waals surface area contributed by atoms with E-state index >= 15 is 0 Å².